The molecule has 0 aromatic carbocycles. The van der Waals surface area contributed by atoms with Gasteiger partial charge in [-0.2, -0.15) is 5.26 Å². The topological polar surface area (TPSA) is 48.7 Å². The maximum Gasteiger partial charge on any atom is 0.144 e. The average Bonchev–Trinajstić information content (AvgIpc) is 2.67. The number of aromatic nitrogens is 1. The number of nitrogens with zero attached hydrogens (tertiary/aromatic N) is 2. The summed E-state index contributed by atoms with van der Waals surface area (Å²) in [5.74, 6) is 0. The van der Waals surface area contributed by atoms with Crippen LogP contribution in [0, 0.1) is 22.2 Å². The number of rotatable bonds is 3. The van der Waals surface area contributed by atoms with Crippen molar-refractivity contribution in [1.82, 2.24) is 10.3 Å². The smallest absolute Gasteiger partial charge is 0.144 e. The molecular formula is C14H19N3. The first kappa shape index (κ1) is 12.1. The lowest BCUT2D eigenvalue weighted by Crippen LogP contribution is -2.22. The molecule has 90 valence electrons. The molecule has 0 unspecified atom stereocenters. The summed E-state index contributed by atoms with van der Waals surface area (Å²) in [4.78, 5) is 4.07. The molecule has 1 heterocycles. The van der Waals surface area contributed by atoms with E-state index in [4.69, 9.17) is 5.26 Å². The predicted molar refractivity (Wildman–Crippen MR) is 67.1 cm³/mol. The third-order valence-corrected chi connectivity index (χ3v) is 4.51. The number of hydrogen-bond donors (Lipinski definition) is 1. The van der Waals surface area contributed by atoms with Crippen molar-refractivity contribution in [2.75, 3.05) is 0 Å². The maximum atomic E-state index is 8.96. The molecule has 1 aromatic heterocycles. The molecule has 3 heteroatoms. The average molecular weight is 229 g/mol. The SMILES string of the molecule is CC1(C)C(NCc2cccnc2C#N)C1(C)C. The van der Waals surface area contributed by atoms with Crippen LogP contribution in [0.3, 0.4) is 0 Å². The van der Waals surface area contributed by atoms with Crippen LogP contribution in [0.2, 0.25) is 0 Å². The second-order valence-corrected chi connectivity index (χ2v) is 5.88. The number of nitriles is 1. The molecule has 0 spiro atoms. The fourth-order valence-electron chi connectivity index (χ4n) is 2.60. The zero-order chi connectivity index (χ0) is 12.7. The van der Waals surface area contributed by atoms with Crippen molar-refractivity contribution < 1.29 is 0 Å². The minimum atomic E-state index is 0.321. The van der Waals surface area contributed by atoms with Gasteiger partial charge in [0.2, 0.25) is 0 Å². The quantitative estimate of drug-likeness (QED) is 0.866. The molecule has 1 fully saturated rings. The lowest BCUT2D eigenvalue weighted by molar-refractivity contribution is 0.457. The summed E-state index contributed by atoms with van der Waals surface area (Å²) in [7, 11) is 0. The maximum absolute atomic E-state index is 8.96. The van der Waals surface area contributed by atoms with Crippen LogP contribution in [-0.4, -0.2) is 11.0 Å². The third kappa shape index (κ3) is 1.83. The van der Waals surface area contributed by atoms with E-state index in [0.29, 0.717) is 29.1 Å². The lowest BCUT2D eigenvalue weighted by Gasteiger charge is -2.07. The van der Waals surface area contributed by atoms with Gasteiger partial charge in [-0.1, -0.05) is 33.8 Å². The van der Waals surface area contributed by atoms with E-state index in [1.54, 1.807) is 6.20 Å². The van der Waals surface area contributed by atoms with Crippen molar-refractivity contribution in [2.45, 2.75) is 40.3 Å². The Kier molecular flexibility index (Phi) is 2.71. The van der Waals surface area contributed by atoms with Crippen molar-refractivity contribution in [2.24, 2.45) is 10.8 Å². The Morgan fingerprint density at radius 2 is 2.00 bits per heavy atom. The molecule has 3 nitrogen and oxygen atoms in total. The van der Waals surface area contributed by atoms with Gasteiger partial charge in [-0.15, -0.1) is 0 Å². The summed E-state index contributed by atoms with van der Waals surface area (Å²) >= 11 is 0. The van der Waals surface area contributed by atoms with Gasteiger partial charge in [-0.3, -0.25) is 0 Å². The van der Waals surface area contributed by atoms with Gasteiger partial charge in [0.1, 0.15) is 11.8 Å². The molecule has 17 heavy (non-hydrogen) atoms. The van der Waals surface area contributed by atoms with Crippen molar-refractivity contribution >= 4 is 0 Å². The molecule has 1 aromatic rings. The van der Waals surface area contributed by atoms with Gasteiger partial charge in [-0.05, 0) is 16.9 Å². The van der Waals surface area contributed by atoms with E-state index in [0.717, 1.165) is 5.56 Å². The largest absolute Gasteiger partial charge is 0.309 e. The van der Waals surface area contributed by atoms with E-state index in [2.05, 4.69) is 44.1 Å². The van der Waals surface area contributed by atoms with E-state index in [1.165, 1.54) is 0 Å². The minimum Gasteiger partial charge on any atom is -0.309 e. The van der Waals surface area contributed by atoms with E-state index in [9.17, 15) is 0 Å². The highest BCUT2D eigenvalue weighted by molar-refractivity contribution is 5.31. The first-order valence-corrected chi connectivity index (χ1v) is 5.98. The second kappa shape index (κ2) is 3.82. The van der Waals surface area contributed by atoms with Gasteiger partial charge >= 0.3 is 0 Å². The normalized spacial score (nSPS) is 20.9. The van der Waals surface area contributed by atoms with Gasteiger partial charge in [0.15, 0.2) is 0 Å². The Bertz CT molecular complexity index is 455. The van der Waals surface area contributed by atoms with Gasteiger partial charge in [0.05, 0.1) is 0 Å². The summed E-state index contributed by atoms with van der Waals surface area (Å²) in [5.41, 5.74) is 2.15. The Morgan fingerprint density at radius 1 is 1.35 bits per heavy atom. The lowest BCUT2D eigenvalue weighted by atomic mass is 10.0. The van der Waals surface area contributed by atoms with Crippen LogP contribution in [-0.2, 0) is 6.54 Å². The van der Waals surface area contributed by atoms with E-state index in [1.807, 2.05) is 12.1 Å². The number of nitrogens with one attached hydrogen (secondary N) is 1. The van der Waals surface area contributed by atoms with Crippen LogP contribution in [0.15, 0.2) is 18.3 Å². The second-order valence-electron chi connectivity index (χ2n) is 5.88. The van der Waals surface area contributed by atoms with Crippen molar-refractivity contribution in [3.63, 3.8) is 0 Å². The molecule has 0 atom stereocenters. The molecule has 1 N–H and O–H groups in total. The highest BCUT2D eigenvalue weighted by Gasteiger charge is 2.64. The van der Waals surface area contributed by atoms with Crippen molar-refractivity contribution in [1.29, 1.82) is 5.26 Å². The summed E-state index contributed by atoms with van der Waals surface area (Å²) in [6, 6.07) is 6.47. The van der Waals surface area contributed by atoms with Crippen LogP contribution < -0.4 is 5.32 Å². The molecule has 0 aliphatic heterocycles. The Balaban J connectivity index is 2.04. The third-order valence-electron chi connectivity index (χ3n) is 4.51. The van der Waals surface area contributed by atoms with Gasteiger partial charge < -0.3 is 5.32 Å². The molecule has 2 rings (SSSR count). The molecule has 0 saturated heterocycles. The first-order chi connectivity index (χ1) is 7.91. The summed E-state index contributed by atoms with van der Waals surface area (Å²) in [6.07, 6.45) is 1.66. The molecule has 0 radical (unpaired) electrons. The van der Waals surface area contributed by atoms with Gasteiger partial charge in [0.25, 0.3) is 0 Å². The van der Waals surface area contributed by atoms with Crippen LogP contribution in [0.4, 0.5) is 0 Å². The van der Waals surface area contributed by atoms with E-state index >= 15 is 0 Å². The van der Waals surface area contributed by atoms with Crippen LogP contribution in [0.5, 0.6) is 0 Å². The molecule has 0 amide bonds. The van der Waals surface area contributed by atoms with E-state index < -0.39 is 0 Å². The fourth-order valence-corrected chi connectivity index (χ4v) is 2.60. The van der Waals surface area contributed by atoms with Crippen LogP contribution in [0.25, 0.3) is 0 Å². The predicted octanol–water partition coefficient (Wildman–Crippen LogP) is 2.48. The van der Waals surface area contributed by atoms with E-state index in [-0.39, 0.29) is 0 Å². The van der Waals surface area contributed by atoms with Gasteiger partial charge in [-0.25, -0.2) is 4.98 Å². The summed E-state index contributed by atoms with van der Waals surface area (Å²) in [5, 5.41) is 12.5. The summed E-state index contributed by atoms with van der Waals surface area (Å²) < 4.78 is 0. The van der Waals surface area contributed by atoms with Crippen molar-refractivity contribution in [3.05, 3.63) is 29.6 Å². The zero-order valence-electron chi connectivity index (χ0n) is 10.9. The highest BCUT2D eigenvalue weighted by atomic mass is 15.0. The number of pyridine rings is 1. The van der Waals surface area contributed by atoms with Gasteiger partial charge in [0, 0.05) is 24.3 Å². The minimum absolute atomic E-state index is 0.321. The Hall–Kier alpha value is -1.40. The number of hydrogen-bond acceptors (Lipinski definition) is 3. The monoisotopic (exact) mass is 229 g/mol. The standard InChI is InChI=1S/C14H19N3/c1-13(2)12(14(13,3)4)17-9-10-6-5-7-16-11(10)8-15/h5-7,12,17H,9H2,1-4H3. The fraction of sp³-hybridized carbons (Fsp3) is 0.571. The molecule has 0 bridgehead atoms. The highest BCUT2D eigenvalue weighted by Crippen LogP contribution is 2.62. The zero-order valence-corrected chi connectivity index (χ0v) is 10.9. The molecule has 1 aliphatic carbocycles. The van der Waals surface area contributed by atoms with Crippen LogP contribution >= 0.6 is 0 Å². The molecular weight excluding hydrogens is 210 g/mol. The Morgan fingerprint density at radius 3 is 2.53 bits per heavy atom. The first-order valence-electron chi connectivity index (χ1n) is 5.98. The van der Waals surface area contributed by atoms with Crippen molar-refractivity contribution in [3.8, 4) is 6.07 Å². The Labute approximate surface area is 103 Å². The summed E-state index contributed by atoms with van der Waals surface area (Å²) in [6.45, 7) is 9.82. The van der Waals surface area contributed by atoms with Crippen LogP contribution in [0.1, 0.15) is 39.0 Å². The molecule has 1 aliphatic rings. The molecule has 1 saturated carbocycles.